The van der Waals surface area contributed by atoms with Gasteiger partial charge in [-0.1, -0.05) is 115 Å². The van der Waals surface area contributed by atoms with Crippen molar-refractivity contribution in [1.29, 1.82) is 0 Å². The molecule has 0 unspecified atom stereocenters. The summed E-state index contributed by atoms with van der Waals surface area (Å²) in [6.45, 7) is 0. The van der Waals surface area contributed by atoms with E-state index in [2.05, 4.69) is 202 Å². The Labute approximate surface area is 375 Å². The molecule has 6 nitrogen and oxygen atoms in total. The highest BCUT2D eigenvalue weighted by Gasteiger charge is 2.27. The van der Waals surface area contributed by atoms with E-state index < -0.39 is 0 Å². The van der Waals surface area contributed by atoms with E-state index >= 15 is 0 Å². The first-order valence-electron chi connectivity index (χ1n) is 22.5. The summed E-state index contributed by atoms with van der Waals surface area (Å²) in [6.07, 6.45) is 0. The Bertz CT molecular complexity index is 4680. The van der Waals surface area contributed by atoms with Crippen LogP contribution in [-0.4, -0.2) is 23.5 Å². The van der Waals surface area contributed by atoms with E-state index in [0.717, 1.165) is 44.6 Å². The molecular formula is C60H33N5O. The van der Waals surface area contributed by atoms with Gasteiger partial charge in [-0.05, 0) is 106 Å². The van der Waals surface area contributed by atoms with E-state index in [1.165, 1.54) is 92.5 Å². The molecule has 0 saturated carbocycles. The molecule has 0 bridgehead atoms. The number of furan rings is 1. The Morgan fingerprint density at radius 2 is 0.955 bits per heavy atom. The molecule has 0 spiro atoms. The molecule has 66 heavy (non-hydrogen) atoms. The summed E-state index contributed by atoms with van der Waals surface area (Å²) >= 11 is 0. The van der Waals surface area contributed by atoms with Gasteiger partial charge in [-0.15, -0.1) is 0 Å². The van der Waals surface area contributed by atoms with Gasteiger partial charge in [0.2, 0.25) is 5.71 Å². The van der Waals surface area contributed by atoms with Crippen LogP contribution in [0.2, 0.25) is 0 Å². The fourth-order valence-electron chi connectivity index (χ4n) is 11.6. The van der Waals surface area contributed by atoms with E-state index in [1.807, 2.05) is 12.1 Å². The minimum Gasteiger partial charge on any atom is -0.438 e. The molecule has 16 rings (SSSR count). The van der Waals surface area contributed by atoms with E-state index in [4.69, 9.17) is 14.4 Å². The van der Waals surface area contributed by atoms with Crippen molar-refractivity contribution >= 4 is 115 Å². The van der Waals surface area contributed by atoms with Crippen LogP contribution in [0, 0.1) is 0 Å². The lowest BCUT2D eigenvalue weighted by Gasteiger charge is -2.11. The van der Waals surface area contributed by atoms with E-state index in [1.54, 1.807) is 0 Å². The fraction of sp³-hybridized carbons (Fsp3) is 0. The van der Waals surface area contributed by atoms with Gasteiger partial charge in [-0.25, -0.2) is 4.98 Å². The van der Waals surface area contributed by atoms with Crippen LogP contribution in [0.1, 0.15) is 0 Å². The molecule has 6 heteroatoms. The van der Waals surface area contributed by atoms with E-state index in [9.17, 15) is 0 Å². The Morgan fingerprint density at radius 3 is 1.80 bits per heavy atom. The van der Waals surface area contributed by atoms with Gasteiger partial charge in [0.15, 0.2) is 5.82 Å². The predicted molar refractivity (Wildman–Crippen MR) is 272 cm³/mol. The fourth-order valence-corrected chi connectivity index (χ4v) is 11.6. The van der Waals surface area contributed by atoms with Crippen LogP contribution >= 0.6 is 0 Å². The first-order valence-corrected chi connectivity index (χ1v) is 22.5. The molecule has 6 aromatic heterocycles. The molecule has 0 radical (unpaired) electrons. The maximum atomic E-state index is 6.51. The smallest absolute Gasteiger partial charge is 0.231 e. The number of para-hydroxylation sites is 3. The van der Waals surface area contributed by atoms with Gasteiger partial charge in [-0.2, -0.15) is 4.98 Å². The van der Waals surface area contributed by atoms with Crippen molar-refractivity contribution in [2.24, 2.45) is 0 Å². The highest BCUT2D eigenvalue weighted by molar-refractivity contribution is 6.38. The lowest BCUT2D eigenvalue weighted by Crippen LogP contribution is -1.96. The second-order valence-electron chi connectivity index (χ2n) is 17.7. The first kappa shape index (κ1) is 34.5. The van der Waals surface area contributed by atoms with Crippen molar-refractivity contribution in [1.82, 2.24) is 23.5 Å². The zero-order valence-corrected chi connectivity index (χ0v) is 35.2. The molecule has 0 saturated heterocycles. The van der Waals surface area contributed by atoms with Gasteiger partial charge in [0.05, 0.1) is 49.7 Å². The molecule has 0 amide bonds. The van der Waals surface area contributed by atoms with E-state index in [-0.39, 0.29) is 0 Å². The Kier molecular flexibility index (Phi) is 6.47. The molecule has 6 heterocycles. The third-order valence-electron chi connectivity index (χ3n) is 14.4. The Hall–Kier alpha value is -9.00. The molecular weight excluding hydrogens is 807 g/mol. The number of fused-ring (bicyclic) bond motifs is 10. The second kappa shape index (κ2) is 12.4. The summed E-state index contributed by atoms with van der Waals surface area (Å²) in [5.74, 6) is 0.618. The van der Waals surface area contributed by atoms with Crippen molar-refractivity contribution in [3.05, 3.63) is 200 Å². The van der Waals surface area contributed by atoms with Crippen LogP contribution in [0.5, 0.6) is 0 Å². The summed E-state index contributed by atoms with van der Waals surface area (Å²) in [7, 11) is 0. The number of hydrogen-bond donors (Lipinski definition) is 0. The number of rotatable bonds is 4. The van der Waals surface area contributed by atoms with Gasteiger partial charge >= 0.3 is 0 Å². The monoisotopic (exact) mass is 839 g/mol. The van der Waals surface area contributed by atoms with Crippen molar-refractivity contribution in [3.8, 4) is 34.0 Å². The van der Waals surface area contributed by atoms with Crippen LogP contribution in [0.4, 0.5) is 0 Å². The predicted octanol–water partition coefficient (Wildman–Crippen LogP) is 15.6. The first-order chi connectivity index (χ1) is 32.7. The normalized spacial score (nSPS) is 12.5. The molecule has 0 N–H and O–H groups in total. The summed E-state index contributed by atoms with van der Waals surface area (Å²) < 4.78 is 13.9. The van der Waals surface area contributed by atoms with E-state index in [0.29, 0.717) is 11.5 Å². The van der Waals surface area contributed by atoms with Gasteiger partial charge in [-0.3, -0.25) is 0 Å². The number of aromatic nitrogens is 5. The lowest BCUT2D eigenvalue weighted by molar-refractivity contribution is 0.653. The average Bonchev–Trinajstić information content (AvgIpc) is 4.10. The standard InChI is InChI=1S/C60H33N5O/c1-2-12-38(13-3-1)63-46-18-10-19-47-53(46)54-48(63)31-32-49-55(54)56-50(30-29-42-41-15-6-8-17-45(41)65(47)58(42)56)64(49)39-27-25-36(26-28-39)59-61-57(52-43-16-7-9-20-51(43)66-60(52)62-59)37-24-23-35-22-21-34-11-4-5-14-40(34)44(35)33-37/h1-33H. The lowest BCUT2D eigenvalue weighted by atomic mass is 9.97. The number of hydrogen-bond acceptors (Lipinski definition) is 3. The third kappa shape index (κ3) is 4.35. The summed E-state index contributed by atoms with van der Waals surface area (Å²) in [5, 5.41) is 14.3. The quantitative estimate of drug-likeness (QED) is 0.166. The zero-order valence-electron chi connectivity index (χ0n) is 35.2. The maximum absolute atomic E-state index is 6.51. The molecule has 16 aromatic rings. The SMILES string of the molecule is c1ccc(-n2c3ccc4c5c3c3c2cccc3n2c3ccccc3c3ccc(c5c32)n4-c2ccc(-c3nc(-c4ccc5ccc6ccccc6c5c4)c4c(n3)oc3ccccc34)cc2)cc1. The highest BCUT2D eigenvalue weighted by atomic mass is 16.3. The molecule has 0 aliphatic carbocycles. The average molecular weight is 840 g/mol. The molecule has 0 aliphatic heterocycles. The highest BCUT2D eigenvalue weighted by Crippen LogP contribution is 2.49. The minimum absolute atomic E-state index is 0.576. The maximum Gasteiger partial charge on any atom is 0.231 e. The molecule has 0 fully saturated rings. The topological polar surface area (TPSA) is 53.2 Å². The largest absolute Gasteiger partial charge is 0.438 e. The van der Waals surface area contributed by atoms with Crippen LogP contribution in [0.15, 0.2) is 205 Å². The Balaban J connectivity index is 0.942. The van der Waals surface area contributed by atoms with Crippen LogP contribution < -0.4 is 0 Å². The van der Waals surface area contributed by atoms with Gasteiger partial charge in [0.25, 0.3) is 0 Å². The van der Waals surface area contributed by atoms with Crippen molar-refractivity contribution in [2.45, 2.75) is 0 Å². The Morgan fingerprint density at radius 1 is 0.348 bits per heavy atom. The summed E-state index contributed by atoms with van der Waals surface area (Å²) in [6, 6.07) is 72.3. The third-order valence-corrected chi connectivity index (χ3v) is 14.4. The minimum atomic E-state index is 0.576. The van der Waals surface area contributed by atoms with Gasteiger partial charge < -0.3 is 18.0 Å². The molecule has 304 valence electrons. The van der Waals surface area contributed by atoms with Crippen LogP contribution in [0.3, 0.4) is 0 Å². The van der Waals surface area contributed by atoms with Crippen molar-refractivity contribution in [3.63, 3.8) is 0 Å². The summed E-state index contributed by atoms with van der Waals surface area (Å²) in [5.41, 5.74) is 14.8. The van der Waals surface area contributed by atoms with Crippen LogP contribution in [-0.2, 0) is 0 Å². The van der Waals surface area contributed by atoms with Gasteiger partial charge in [0, 0.05) is 60.2 Å². The molecule has 0 atom stereocenters. The second-order valence-corrected chi connectivity index (χ2v) is 17.7. The van der Waals surface area contributed by atoms with Crippen molar-refractivity contribution in [2.75, 3.05) is 0 Å². The summed E-state index contributed by atoms with van der Waals surface area (Å²) in [4.78, 5) is 10.5. The van der Waals surface area contributed by atoms with Crippen LogP contribution in [0.25, 0.3) is 149 Å². The van der Waals surface area contributed by atoms with Crippen molar-refractivity contribution < 1.29 is 4.42 Å². The number of benzene rings is 10. The number of nitrogens with zero attached hydrogens (tertiary/aromatic N) is 5. The zero-order chi connectivity index (χ0) is 42.8. The molecule has 10 aromatic carbocycles. The van der Waals surface area contributed by atoms with Gasteiger partial charge in [0.1, 0.15) is 5.58 Å². The molecule has 0 aliphatic rings.